The van der Waals surface area contributed by atoms with Gasteiger partial charge in [-0.3, -0.25) is 9.59 Å². The lowest BCUT2D eigenvalue weighted by molar-refractivity contribution is -0.122. The van der Waals surface area contributed by atoms with Gasteiger partial charge in [-0.15, -0.1) is 0 Å². The molecule has 0 fully saturated rings. The molecule has 108 valence electrons. The van der Waals surface area contributed by atoms with Crippen LogP contribution in [0.2, 0.25) is 0 Å². The van der Waals surface area contributed by atoms with E-state index in [0.29, 0.717) is 5.69 Å². The smallest absolute Gasteiger partial charge is 0.293 e. The summed E-state index contributed by atoms with van der Waals surface area (Å²) in [6.45, 7) is 11.0. The van der Waals surface area contributed by atoms with Crippen LogP contribution < -0.4 is 15.6 Å². The van der Waals surface area contributed by atoms with Crippen LogP contribution in [0, 0.1) is 0 Å². The van der Waals surface area contributed by atoms with Gasteiger partial charge in [0.2, 0.25) is 0 Å². The quantitative estimate of drug-likeness (QED) is 0.862. The molecule has 20 heavy (non-hydrogen) atoms. The molecule has 0 radical (unpaired) electrons. The fraction of sp³-hybridized carbons (Fsp3) is 0.333. The lowest BCUT2D eigenvalue weighted by atomic mass is 10.1. The Balaban J connectivity index is 3.36. The van der Waals surface area contributed by atoms with E-state index in [4.69, 9.17) is 4.74 Å². The number of nitrogens with one attached hydrogen (secondary N) is 1. The van der Waals surface area contributed by atoms with Crippen LogP contribution in [-0.2, 0) is 4.79 Å². The molecule has 0 aliphatic rings. The van der Waals surface area contributed by atoms with E-state index in [1.54, 1.807) is 22.8 Å². The van der Waals surface area contributed by atoms with Crippen molar-refractivity contribution in [3.63, 3.8) is 0 Å². The zero-order valence-corrected chi connectivity index (χ0v) is 12.1. The lowest BCUT2D eigenvalue weighted by Crippen LogP contribution is -2.30. The molecule has 1 heterocycles. The molecule has 1 N–H and O–H groups in total. The van der Waals surface area contributed by atoms with Crippen LogP contribution >= 0.6 is 0 Å². The second-order valence-electron chi connectivity index (χ2n) is 4.49. The number of rotatable bonds is 6. The van der Waals surface area contributed by atoms with Crippen molar-refractivity contribution >= 4 is 18.1 Å². The molecule has 5 nitrogen and oxygen atoms in total. The predicted octanol–water partition coefficient (Wildman–Crippen LogP) is 1.84. The minimum atomic E-state index is -0.298. The molecule has 1 amide bonds. The Morgan fingerprint density at radius 2 is 2.10 bits per heavy atom. The van der Waals surface area contributed by atoms with Crippen molar-refractivity contribution < 1.29 is 9.53 Å². The zero-order valence-electron chi connectivity index (χ0n) is 12.1. The number of hydrogen-bond donors (Lipinski definition) is 1. The van der Waals surface area contributed by atoms with Gasteiger partial charge in [0.1, 0.15) is 0 Å². The number of amides is 1. The molecule has 0 aromatic carbocycles. The fourth-order valence-electron chi connectivity index (χ4n) is 1.86. The van der Waals surface area contributed by atoms with Crippen molar-refractivity contribution in [3.05, 3.63) is 40.8 Å². The number of nitrogens with zero attached hydrogens (tertiary/aromatic N) is 1. The maximum atomic E-state index is 12.4. The Morgan fingerprint density at radius 3 is 2.55 bits per heavy atom. The van der Waals surface area contributed by atoms with Crippen molar-refractivity contribution in [2.45, 2.75) is 19.9 Å². The Bertz CT molecular complexity index is 586. The maximum absolute atomic E-state index is 12.4. The van der Waals surface area contributed by atoms with E-state index in [1.807, 2.05) is 13.8 Å². The molecule has 5 heteroatoms. The first-order chi connectivity index (χ1) is 9.46. The van der Waals surface area contributed by atoms with Crippen LogP contribution in [0.5, 0.6) is 5.75 Å². The second-order valence-corrected chi connectivity index (χ2v) is 4.49. The Labute approximate surface area is 118 Å². The molecule has 0 saturated heterocycles. The number of pyridine rings is 1. The summed E-state index contributed by atoms with van der Waals surface area (Å²) in [6, 6.07) is 1.52. The zero-order chi connectivity index (χ0) is 15.3. The Hall–Kier alpha value is -2.30. The summed E-state index contributed by atoms with van der Waals surface area (Å²) >= 11 is 0. The standard InChI is InChI=1S/C15H20N2O3/c1-6-11-8-13(20-9-14(18)16-5)15(19)17(10(3)4)12(11)7-2/h6-8,10H,1-2,9H2,3-5H3,(H,16,18). The average Bonchev–Trinajstić information content (AvgIpc) is 2.44. The molecule has 0 atom stereocenters. The third-order valence-electron chi connectivity index (χ3n) is 2.84. The number of likely N-dealkylation sites (N-methyl/N-ethyl adjacent to an activating group) is 1. The molecule has 1 rings (SSSR count). The van der Waals surface area contributed by atoms with E-state index >= 15 is 0 Å². The normalized spacial score (nSPS) is 10.2. The van der Waals surface area contributed by atoms with Gasteiger partial charge in [0, 0.05) is 18.7 Å². The van der Waals surface area contributed by atoms with Crippen molar-refractivity contribution in [1.82, 2.24) is 9.88 Å². The predicted molar refractivity (Wildman–Crippen MR) is 80.8 cm³/mol. The number of aromatic nitrogens is 1. The minimum Gasteiger partial charge on any atom is -0.478 e. The van der Waals surface area contributed by atoms with Gasteiger partial charge in [0.05, 0.1) is 5.69 Å². The van der Waals surface area contributed by atoms with E-state index < -0.39 is 0 Å². The molecule has 0 spiro atoms. The molecule has 0 unspecified atom stereocenters. The largest absolute Gasteiger partial charge is 0.478 e. The molecule has 0 aliphatic heterocycles. The topological polar surface area (TPSA) is 60.3 Å². The molecule has 0 saturated carbocycles. The summed E-state index contributed by atoms with van der Waals surface area (Å²) < 4.78 is 6.87. The number of carbonyl (C=O) groups excluding carboxylic acids is 1. The summed E-state index contributed by atoms with van der Waals surface area (Å²) in [5, 5.41) is 2.43. The van der Waals surface area contributed by atoms with Crippen LogP contribution in [0.1, 0.15) is 31.1 Å². The van der Waals surface area contributed by atoms with Gasteiger partial charge in [-0.2, -0.15) is 0 Å². The van der Waals surface area contributed by atoms with E-state index in [1.165, 1.54) is 7.05 Å². The first-order valence-corrected chi connectivity index (χ1v) is 6.34. The van der Waals surface area contributed by atoms with Crippen molar-refractivity contribution in [1.29, 1.82) is 0 Å². The van der Waals surface area contributed by atoms with Gasteiger partial charge < -0.3 is 14.6 Å². The molecular formula is C15H20N2O3. The highest BCUT2D eigenvalue weighted by Crippen LogP contribution is 2.19. The number of carbonyl (C=O) groups is 1. The number of hydrogen-bond acceptors (Lipinski definition) is 3. The van der Waals surface area contributed by atoms with E-state index in [9.17, 15) is 9.59 Å². The lowest BCUT2D eigenvalue weighted by Gasteiger charge is -2.18. The van der Waals surface area contributed by atoms with E-state index in [2.05, 4.69) is 18.5 Å². The van der Waals surface area contributed by atoms with Crippen LogP contribution in [0.3, 0.4) is 0 Å². The highest BCUT2D eigenvalue weighted by molar-refractivity contribution is 5.77. The van der Waals surface area contributed by atoms with Gasteiger partial charge in [-0.1, -0.05) is 19.2 Å². The third kappa shape index (κ3) is 3.17. The fourth-order valence-corrected chi connectivity index (χ4v) is 1.86. The molecular weight excluding hydrogens is 256 g/mol. The SMILES string of the molecule is C=Cc1cc(OCC(=O)NC)c(=O)n(C(C)C)c1C=C. The average molecular weight is 276 g/mol. The summed E-state index contributed by atoms with van der Waals surface area (Å²) in [5.41, 5.74) is 1.14. The molecule has 0 aliphatic carbocycles. The van der Waals surface area contributed by atoms with Crippen molar-refractivity contribution in [2.24, 2.45) is 0 Å². The number of ether oxygens (including phenoxy) is 1. The third-order valence-corrected chi connectivity index (χ3v) is 2.84. The highest BCUT2D eigenvalue weighted by Gasteiger charge is 2.15. The van der Waals surface area contributed by atoms with Gasteiger partial charge in [-0.25, -0.2) is 0 Å². The van der Waals surface area contributed by atoms with E-state index in [-0.39, 0.29) is 29.9 Å². The summed E-state index contributed by atoms with van der Waals surface area (Å²) in [4.78, 5) is 23.6. The van der Waals surface area contributed by atoms with Crippen LogP contribution in [0.15, 0.2) is 24.0 Å². The summed E-state index contributed by atoms with van der Waals surface area (Å²) in [7, 11) is 1.51. The summed E-state index contributed by atoms with van der Waals surface area (Å²) in [6.07, 6.45) is 3.24. The van der Waals surface area contributed by atoms with Crippen LogP contribution in [0.4, 0.5) is 0 Å². The molecule has 1 aromatic heterocycles. The van der Waals surface area contributed by atoms with Gasteiger partial charge in [0.15, 0.2) is 12.4 Å². The van der Waals surface area contributed by atoms with Gasteiger partial charge in [0.25, 0.3) is 11.5 Å². The Morgan fingerprint density at radius 1 is 1.45 bits per heavy atom. The monoisotopic (exact) mass is 276 g/mol. The first-order valence-electron chi connectivity index (χ1n) is 6.34. The minimum absolute atomic E-state index is 0.0576. The molecule has 1 aromatic rings. The Kier molecular flexibility index (Phi) is 5.32. The van der Waals surface area contributed by atoms with Crippen molar-refractivity contribution in [2.75, 3.05) is 13.7 Å². The summed E-state index contributed by atoms with van der Waals surface area (Å²) in [5.74, 6) is -0.170. The molecule has 0 bridgehead atoms. The highest BCUT2D eigenvalue weighted by atomic mass is 16.5. The van der Waals surface area contributed by atoms with Gasteiger partial charge in [-0.05, 0) is 26.0 Å². The van der Waals surface area contributed by atoms with Crippen LogP contribution in [-0.4, -0.2) is 24.1 Å². The second kappa shape index (κ2) is 6.75. The maximum Gasteiger partial charge on any atom is 0.293 e. The van der Waals surface area contributed by atoms with Crippen molar-refractivity contribution in [3.8, 4) is 5.75 Å². The van der Waals surface area contributed by atoms with E-state index in [0.717, 1.165) is 5.56 Å². The van der Waals surface area contributed by atoms with Gasteiger partial charge >= 0.3 is 0 Å². The van der Waals surface area contributed by atoms with Crippen LogP contribution in [0.25, 0.3) is 12.2 Å². The first kappa shape index (κ1) is 15.8.